The van der Waals surface area contributed by atoms with Crippen LogP contribution >= 0.6 is 22.6 Å². The lowest BCUT2D eigenvalue weighted by atomic mass is 10.1. The predicted octanol–water partition coefficient (Wildman–Crippen LogP) is 2.76. The summed E-state index contributed by atoms with van der Waals surface area (Å²) in [6.45, 7) is 0.0175. The third kappa shape index (κ3) is 4.14. The third-order valence-electron chi connectivity index (χ3n) is 2.92. The van der Waals surface area contributed by atoms with Crippen LogP contribution in [0.5, 0.6) is 5.75 Å². The number of rotatable bonds is 7. The number of ketones is 1. The maximum Gasteiger partial charge on any atom is 0.170 e. The number of aliphatic hydroxyl groups excluding tert-OH is 1. The molecule has 106 valence electrons. The van der Waals surface area contributed by atoms with Gasteiger partial charge >= 0.3 is 0 Å². The minimum Gasteiger partial charge on any atom is -0.484 e. The first-order chi connectivity index (χ1) is 9.70. The molecule has 0 saturated heterocycles. The number of fused-ring (bicyclic) bond motifs is 1. The summed E-state index contributed by atoms with van der Waals surface area (Å²) in [7, 11) is 0. The van der Waals surface area contributed by atoms with Gasteiger partial charge in [-0.15, -0.1) is 0 Å². The molecule has 0 bridgehead atoms. The number of carbonyl (C=O) groups excluding carboxylic acids is 1. The summed E-state index contributed by atoms with van der Waals surface area (Å²) < 4.78 is 6.19. The molecular formula is C15H16INO3. The first kappa shape index (κ1) is 15.2. The van der Waals surface area contributed by atoms with Crippen LogP contribution in [0.4, 0.5) is 0 Å². The van der Waals surface area contributed by atoms with Crippen molar-refractivity contribution in [3.63, 3.8) is 0 Å². The average molecular weight is 385 g/mol. The minimum atomic E-state index is -0.418. The zero-order valence-corrected chi connectivity index (χ0v) is 13.1. The zero-order valence-electron chi connectivity index (χ0n) is 11.0. The first-order valence-corrected chi connectivity index (χ1v) is 7.95. The monoisotopic (exact) mass is 385 g/mol. The lowest BCUT2D eigenvalue weighted by molar-refractivity contribution is -0.121. The number of benzene rings is 1. The molecule has 0 aliphatic heterocycles. The van der Waals surface area contributed by atoms with Gasteiger partial charge in [-0.1, -0.05) is 40.8 Å². The maximum atomic E-state index is 11.7. The predicted molar refractivity (Wildman–Crippen MR) is 86.4 cm³/mol. The SMILES string of the molecule is O=C(CCC(O)CI)COc1cccc2cccnc12. The van der Waals surface area contributed by atoms with Gasteiger partial charge in [0.2, 0.25) is 0 Å². The summed E-state index contributed by atoms with van der Waals surface area (Å²) in [6, 6.07) is 9.45. The Morgan fingerprint density at radius 3 is 2.95 bits per heavy atom. The lowest BCUT2D eigenvalue weighted by Crippen LogP contribution is -2.15. The number of hydrogen-bond donors (Lipinski definition) is 1. The van der Waals surface area contributed by atoms with Gasteiger partial charge < -0.3 is 9.84 Å². The normalized spacial score (nSPS) is 12.3. The second-order valence-electron chi connectivity index (χ2n) is 4.51. The van der Waals surface area contributed by atoms with E-state index in [1.165, 1.54) is 0 Å². The van der Waals surface area contributed by atoms with E-state index >= 15 is 0 Å². The number of aromatic nitrogens is 1. The first-order valence-electron chi connectivity index (χ1n) is 6.43. The van der Waals surface area contributed by atoms with Gasteiger partial charge in [0.05, 0.1) is 6.10 Å². The Balaban J connectivity index is 1.94. The van der Waals surface area contributed by atoms with Crippen LogP contribution in [0.3, 0.4) is 0 Å². The standard InChI is InChI=1S/C15H16INO3/c16-9-12(18)6-7-13(19)10-20-14-5-1-3-11-4-2-8-17-15(11)14/h1-5,8,12,18H,6-7,9-10H2. The van der Waals surface area contributed by atoms with Crippen LogP contribution in [-0.2, 0) is 4.79 Å². The van der Waals surface area contributed by atoms with Gasteiger partial charge in [-0.25, -0.2) is 0 Å². The van der Waals surface area contributed by atoms with E-state index in [-0.39, 0.29) is 12.4 Å². The Labute approximate surface area is 131 Å². The summed E-state index contributed by atoms with van der Waals surface area (Å²) in [5.74, 6) is 0.604. The van der Waals surface area contributed by atoms with Crippen molar-refractivity contribution in [3.05, 3.63) is 36.5 Å². The van der Waals surface area contributed by atoms with Crippen LogP contribution in [0.25, 0.3) is 10.9 Å². The molecule has 1 unspecified atom stereocenters. The minimum absolute atomic E-state index is 0.0122. The topological polar surface area (TPSA) is 59.4 Å². The second kappa shape index (κ2) is 7.54. The van der Waals surface area contributed by atoms with E-state index in [2.05, 4.69) is 27.6 Å². The van der Waals surface area contributed by atoms with Crippen LogP contribution in [0.15, 0.2) is 36.5 Å². The van der Waals surface area contributed by atoms with Crippen LogP contribution in [0.1, 0.15) is 12.8 Å². The van der Waals surface area contributed by atoms with Crippen molar-refractivity contribution in [2.45, 2.75) is 18.9 Å². The summed E-state index contributed by atoms with van der Waals surface area (Å²) in [5, 5.41) is 10.4. The Morgan fingerprint density at radius 1 is 1.35 bits per heavy atom. The zero-order chi connectivity index (χ0) is 14.4. The number of nitrogens with zero attached hydrogens (tertiary/aromatic N) is 1. The molecule has 1 aromatic carbocycles. The second-order valence-corrected chi connectivity index (χ2v) is 5.39. The summed E-state index contributed by atoms with van der Waals surface area (Å²) in [6.07, 6.45) is 2.11. The largest absolute Gasteiger partial charge is 0.484 e. The Kier molecular flexibility index (Phi) is 5.72. The molecule has 0 aliphatic rings. The number of Topliss-reactive ketones (excluding diaryl/α,β-unsaturated/α-hetero) is 1. The van der Waals surface area contributed by atoms with Crippen LogP contribution in [0.2, 0.25) is 0 Å². The molecule has 5 heteroatoms. The molecule has 1 N–H and O–H groups in total. The van der Waals surface area contributed by atoms with Crippen molar-refractivity contribution < 1.29 is 14.6 Å². The number of carbonyl (C=O) groups is 1. The number of ether oxygens (including phenoxy) is 1. The van der Waals surface area contributed by atoms with Crippen molar-refractivity contribution in [2.75, 3.05) is 11.0 Å². The number of aliphatic hydroxyl groups is 1. The molecule has 0 radical (unpaired) electrons. The molecule has 2 aromatic rings. The van der Waals surface area contributed by atoms with Gasteiger partial charge in [0.25, 0.3) is 0 Å². The van der Waals surface area contributed by atoms with Gasteiger partial charge in [-0.3, -0.25) is 9.78 Å². The number of pyridine rings is 1. The van der Waals surface area contributed by atoms with E-state index in [1.807, 2.05) is 30.3 Å². The van der Waals surface area contributed by atoms with E-state index in [0.29, 0.717) is 23.0 Å². The highest BCUT2D eigenvalue weighted by molar-refractivity contribution is 14.1. The molecule has 0 saturated carbocycles. The van der Waals surface area contributed by atoms with Crippen molar-refractivity contribution in [2.24, 2.45) is 0 Å². The highest BCUT2D eigenvalue weighted by atomic mass is 127. The van der Waals surface area contributed by atoms with Gasteiger partial charge in [0.1, 0.15) is 17.9 Å². The van der Waals surface area contributed by atoms with Gasteiger partial charge in [0.15, 0.2) is 5.78 Å². The van der Waals surface area contributed by atoms with E-state index in [1.54, 1.807) is 6.20 Å². The van der Waals surface area contributed by atoms with E-state index in [9.17, 15) is 9.90 Å². The number of para-hydroxylation sites is 1. The molecule has 20 heavy (non-hydrogen) atoms. The Morgan fingerprint density at radius 2 is 2.15 bits per heavy atom. The van der Waals surface area contributed by atoms with Crippen molar-refractivity contribution >= 4 is 39.3 Å². The molecule has 1 atom stereocenters. The highest BCUT2D eigenvalue weighted by Gasteiger charge is 2.09. The molecule has 0 amide bonds. The fourth-order valence-corrected chi connectivity index (χ4v) is 2.27. The lowest BCUT2D eigenvalue weighted by Gasteiger charge is -2.09. The van der Waals surface area contributed by atoms with E-state index in [4.69, 9.17) is 4.74 Å². The number of hydrogen-bond acceptors (Lipinski definition) is 4. The third-order valence-corrected chi connectivity index (χ3v) is 3.94. The molecule has 0 spiro atoms. The van der Waals surface area contributed by atoms with E-state index < -0.39 is 6.10 Å². The summed E-state index contributed by atoms with van der Waals surface area (Å²) >= 11 is 2.10. The van der Waals surface area contributed by atoms with Crippen molar-refractivity contribution in [1.29, 1.82) is 0 Å². The molecule has 4 nitrogen and oxygen atoms in total. The van der Waals surface area contributed by atoms with Crippen molar-refractivity contribution in [3.8, 4) is 5.75 Å². The van der Waals surface area contributed by atoms with Gasteiger partial charge in [-0.05, 0) is 18.6 Å². The number of alkyl halides is 1. The Bertz CT molecular complexity index is 583. The molecule has 0 aliphatic carbocycles. The smallest absolute Gasteiger partial charge is 0.170 e. The highest BCUT2D eigenvalue weighted by Crippen LogP contribution is 2.22. The quantitative estimate of drug-likeness (QED) is 0.588. The molecule has 2 rings (SSSR count). The molecule has 0 fully saturated rings. The summed E-state index contributed by atoms with van der Waals surface area (Å²) in [4.78, 5) is 16.0. The average Bonchev–Trinajstić information content (AvgIpc) is 2.50. The van der Waals surface area contributed by atoms with Gasteiger partial charge in [0, 0.05) is 22.4 Å². The van der Waals surface area contributed by atoms with Crippen LogP contribution in [0, 0.1) is 0 Å². The number of halogens is 1. The summed E-state index contributed by atoms with van der Waals surface area (Å²) in [5.41, 5.74) is 0.759. The molecule has 1 heterocycles. The fourth-order valence-electron chi connectivity index (χ4n) is 1.83. The van der Waals surface area contributed by atoms with E-state index in [0.717, 1.165) is 10.9 Å². The molecular weight excluding hydrogens is 369 g/mol. The van der Waals surface area contributed by atoms with Gasteiger partial charge in [-0.2, -0.15) is 0 Å². The molecule has 1 aromatic heterocycles. The van der Waals surface area contributed by atoms with Crippen molar-refractivity contribution in [1.82, 2.24) is 4.98 Å². The maximum absolute atomic E-state index is 11.7. The van der Waals surface area contributed by atoms with Crippen LogP contribution in [-0.4, -0.2) is 33.0 Å². The van der Waals surface area contributed by atoms with Crippen LogP contribution < -0.4 is 4.74 Å². The Hall–Kier alpha value is -1.21. The fraction of sp³-hybridized carbons (Fsp3) is 0.333.